The topological polar surface area (TPSA) is 85.1 Å². The third-order valence-electron chi connectivity index (χ3n) is 4.16. The highest BCUT2D eigenvalue weighted by Crippen LogP contribution is 2.12. The maximum absolute atomic E-state index is 12.4. The largest absolute Gasteiger partial charge is 0.271 e. The third kappa shape index (κ3) is 4.59. The number of aromatic nitrogens is 4. The summed E-state index contributed by atoms with van der Waals surface area (Å²) in [6, 6.07) is 28.9. The Morgan fingerprint density at radius 2 is 1.38 bits per heavy atom. The molecule has 142 valence electrons. The van der Waals surface area contributed by atoms with Crippen LogP contribution in [-0.4, -0.2) is 31.8 Å². The number of amides is 1. The average molecular weight is 382 g/mol. The lowest BCUT2D eigenvalue weighted by molar-refractivity contribution is -0.122. The number of nitrogens with one attached hydrogen (secondary N) is 1. The van der Waals surface area contributed by atoms with Crippen molar-refractivity contribution in [2.75, 3.05) is 0 Å². The van der Waals surface area contributed by atoms with Crippen LogP contribution in [0.4, 0.5) is 0 Å². The van der Waals surface area contributed by atoms with Gasteiger partial charge in [0.25, 0.3) is 5.91 Å². The van der Waals surface area contributed by atoms with Gasteiger partial charge in [-0.3, -0.25) is 4.79 Å². The van der Waals surface area contributed by atoms with Gasteiger partial charge < -0.3 is 0 Å². The van der Waals surface area contributed by atoms with Crippen molar-refractivity contribution in [2.45, 2.75) is 6.54 Å². The summed E-state index contributed by atoms with van der Waals surface area (Å²) >= 11 is 0. The minimum atomic E-state index is -0.341. The van der Waals surface area contributed by atoms with Gasteiger partial charge in [-0.1, -0.05) is 91.0 Å². The Kier molecular flexibility index (Phi) is 5.48. The van der Waals surface area contributed by atoms with Crippen molar-refractivity contribution in [1.29, 1.82) is 0 Å². The molecular weight excluding hydrogens is 364 g/mol. The minimum Gasteiger partial charge on any atom is -0.271 e. The molecule has 3 aromatic carbocycles. The number of hydrogen-bond donors (Lipinski definition) is 1. The first-order valence-corrected chi connectivity index (χ1v) is 9.10. The number of tetrazole rings is 1. The maximum atomic E-state index is 12.4. The molecule has 0 spiro atoms. The number of hydrogen-bond acceptors (Lipinski definition) is 5. The molecule has 7 heteroatoms. The molecule has 4 rings (SSSR count). The number of benzene rings is 3. The first-order valence-electron chi connectivity index (χ1n) is 9.10. The van der Waals surface area contributed by atoms with Crippen molar-refractivity contribution < 1.29 is 4.79 Å². The molecule has 1 heterocycles. The van der Waals surface area contributed by atoms with Gasteiger partial charge in [0.1, 0.15) is 6.54 Å². The van der Waals surface area contributed by atoms with Crippen molar-refractivity contribution in [3.63, 3.8) is 0 Å². The minimum absolute atomic E-state index is 0.0831. The lowest BCUT2D eigenvalue weighted by atomic mass is 10.0. The molecule has 0 radical (unpaired) electrons. The molecule has 1 aromatic heterocycles. The Morgan fingerprint density at radius 3 is 1.97 bits per heavy atom. The standard InChI is InChI=1S/C22H18N6O/c29-20(16-28-26-22(25-27-28)19-14-8-3-9-15-19)23-24-21(17-10-4-1-5-11-17)18-12-6-2-7-13-18/h1-15H,16H2,(H,23,29). The van der Waals surface area contributed by atoms with Crippen LogP contribution in [0.1, 0.15) is 11.1 Å². The van der Waals surface area contributed by atoms with Crippen molar-refractivity contribution in [1.82, 2.24) is 25.6 Å². The molecule has 1 amide bonds. The first-order chi connectivity index (χ1) is 14.3. The second kappa shape index (κ2) is 8.71. The molecular formula is C22H18N6O. The van der Waals surface area contributed by atoms with Crippen LogP contribution in [0.15, 0.2) is 96.1 Å². The van der Waals surface area contributed by atoms with Crippen LogP contribution in [0.2, 0.25) is 0 Å². The Labute approximate surface area is 167 Å². The summed E-state index contributed by atoms with van der Waals surface area (Å²) in [7, 11) is 0. The van der Waals surface area contributed by atoms with E-state index in [4.69, 9.17) is 0 Å². The number of nitrogens with zero attached hydrogens (tertiary/aromatic N) is 5. The zero-order valence-electron chi connectivity index (χ0n) is 15.5. The fourth-order valence-corrected chi connectivity index (χ4v) is 2.78. The van der Waals surface area contributed by atoms with Crippen molar-refractivity contribution >= 4 is 11.6 Å². The Bertz CT molecular complexity index is 1070. The van der Waals surface area contributed by atoms with Gasteiger partial charge in [-0.2, -0.15) is 9.90 Å². The van der Waals surface area contributed by atoms with Gasteiger partial charge in [-0.25, -0.2) is 5.43 Å². The normalized spacial score (nSPS) is 10.3. The molecule has 0 saturated carbocycles. The highest BCUT2D eigenvalue weighted by molar-refractivity contribution is 6.13. The zero-order valence-corrected chi connectivity index (χ0v) is 15.5. The molecule has 0 atom stereocenters. The summed E-state index contributed by atoms with van der Waals surface area (Å²) in [5.41, 5.74) is 5.93. The number of hydrazone groups is 1. The van der Waals surface area contributed by atoms with E-state index in [1.807, 2.05) is 91.0 Å². The molecule has 1 N–H and O–H groups in total. The van der Waals surface area contributed by atoms with E-state index in [1.54, 1.807) is 0 Å². The molecule has 29 heavy (non-hydrogen) atoms. The summed E-state index contributed by atoms with van der Waals surface area (Å²) < 4.78 is 0. The lowest BCUT2D eigenvalue weighted by Gasteiger charge is -2.07. The Hall–Kier alpha value is -4.13. The van der Waals surface area contributed by atoms with E-state index in [-0.39, 0.29) is 12.5 Å². The number of carbonyl (C=O) groups excluding carboxylic acids is 1. The van der Waals surface area contributed by atoms with Gasteiger partial charge in [-0.05, 0) is 5.21 Å². The molecule has 7 nitrogen and oxygen atoms in total. The van der Waals surface area contributed by atoms with E-state index >= 15 is 0 Å². The van der Waals surface area contributed by atoms with E-state index in [2.05, 4.69) is 25.9 Å². The second-order valence-electron chi connectivity index (χ2n) is 6.24. The fourth-order valence-electron chi connectivity index (χ4n) is 2.78. The summed E-state index contributed by atoms with van der Waals surface area (Å²) in [6.45, 7) is -0.0831. The molecule has 0 aliphatic heterocycles. The van der Waals surface area contributed by atoms with Crippen LogP contribution in [0.5, 0.6) is 0 Å². The number of rotatable bonds is 6. The van der Waals surface area contributed by atoms with E-state index in [0.29, 0.717) is 11.5 Å². The highest BCUT2D eigenvalue weighted by atomic mass is 16.2. The van der Waals surface area contributed by atoms with Crippen LogP contribution in [0.3, 0.4) is 0 Å². The molecule has 4 aromatic rings. The molecule has 0 aliphatic rings. The first kappa shape index (κ1) is 18.2. The molecule has 0 bridgehead atoms. The van der Waals surface area contributed by atoms with E-state index in [9.17, 15) is 4.79 Å². The monoisotopic (exact) mass is 382 g/mol. The predicted molar refractivity (Wildman–Crippen MR) is 110 cm³/mol. The lowest BCUT2D eigenvalue weighted by Crippen LogP contribution is -2.26. The van der Waals surface area contributed by atoms with Crippen LogP contribution >= 0.6 is 0 Å². The maximum Gasteiger partial charge on any atom is 0.263 e. The summed E-state index contributed by atoms with van der Waals surface area (Å²) in [4.78, 5) is 13.6. The summed E-state index contributed by atoms with van der Waals surface area (Å²) in [6.07, 6.45) is 0. The van der Waals surface area contributed by atoms with Gasteiger partial charge in [0.05, 0.1) is 5.71 Å². The molecule has 0 unspecified atom stereocenters. The second-order valence-corrected chi connectivity index (χ2v) is 6.24. The van der Waals surface area contributed by atoms with Crippen LogP contribution < -0.4 is 5.43 Å². The average Bonchev–Trinajstić information content (AvgIpc) is 3.24. The van der Waals surface area contributed by atoms with Crippen LogP contribution in [0, 0.1) is 0 Å². The Balaban J connectivity index is 1.49. The van der Waals surface area contributed by atoms with Crippen LogP contribution in [-0.2, 0) is 11.3 Å². The van der Waals surface area contributed by atoms with Gasteiger partial charge in [-0.15, -0.1) is 10.2 Å². The van der Waals surface area contributed by atoms with Gasteiger partial charge in [0, 0.05) is 16.7 Å². The van der Waals surface area contributed by atoms with Gasteiger partial charge in [0.2, 0.25) is 5.82 Å². The predicted octanol–water partition coefficient (Wildman–Crippen LogP) is 2.91. The summed E-state index contributed by atoms with van der Waals surface area (Å²) in [5, 5.41) is 16.5. The number of carbonyl (C=O) groups is 1. The van der Waals surface area contributed by atoms with E-state index in [1.165, 1.54) is 4.80 Å². The Morgan fingerprint density at radius 1 is 0.828 bits per heavy atom. The third-order valence-corrected chi connectivity index (χ3v) is 4.16. The zero-order chi connectivity index (χ0) is 19.9. The molecule has 0 saturated heterocycles. The summed E-state index contributed by atoms with van der Waals surface area (Å²) in [5.74, 6) is 0.127. The fraction of sp³-hybridized carbons (Fsp3) is 0.0455. The van der Waals surface area contributed by atoms with Gasteiger partial charge >= 0.3 is 0 Å². The molecule has 0 aliphatic carbocycles. The smallest absolute Gasteiger partial charge is 0.263 e. The quantitative estimate of drug-likeness (QED) is 0.410. The van der Waals surface area contributed by atoms with Crippen LogP contribution in [0.25, 0.3) is 11.4 Å². The highest BCUT2D eigenvalue weighted by Gasteiger charge is 2.11. The molecule has 0 fully saturated rings. The SMILES string of the molecule is O=C(Cn1nnc(-c2ccccc2)n1)NN=C(c1ccccc1)c1ccccc1. The van der Waals surface area contributed by atoms with Crippen molar-refractivity contribution in [3.05, 3.63) is 102 Å². The van der Waals surface area contributed by atoms with Crippen molar-refractivity contribution in [3.8, 4) is 11.4 Å². The van der Waals surface area contributed by atoms with E-state index < -0.39 is 0 Å². The van der Waals surface area contributed by atoms with Gasteiger partial charge in [0.15, 0.2) is 0 Å². The van der Waals surface area contributed by atoms with E-state index in [0.717, 1.165) is 16.7 Å². The van der Waals surface area contributed by atoms with Crippen molar-refractivity contribution in [2.24, 2.45) is 5.10 Å².